The van der Waals surface area contributed by atoms with E-state index in [1.807, 2.05) is 26.8 Å². The molecule has 4 aromatic carbocycles. The molecule has 12 heteroatoms. The number of carbonyl (C=O) groups excluding carboxylic acids is 2. The lowest BCUT2D eigenvalue weighted by molar-refractivity contribution is -0.122. The number of hydrogen-bond acceptors (Lipinski definition) is 6. The van der Waals surface area contributed by atoms with Crippen molar-refractivity contribution in [3.05, 3.63) is 123 Å². The van der Waals surface area contributed by atoms with Crippen molar-refractivity contribution in [2.45, 2.75) is 63.6 Å². The van der Waals surface area contributed by atoms with Crippen LogP contribution in [0.15, 0.2) is 84.9 Å². The highest BCUT2D eigenvalue weighted by atomic mass is 35.5. The monoisotopic (exact) mass is 762 g/mol. The Morgan fingerprint density at radius 2 is 1.72 bits per heavy atom. The molecule has 0 aromatic heterocycles. The normalized spacial score (nSPS) is 21.0. The Bertz CT molecular complexity index is 2000. The van der Waals surface area contributed by atoms with Gasteiger partial charge in [0.1, 0.15) is 17.0 Å². The average Bonchev–Trinajstić information content (AvgIpc) is 3.58. The van der Waals surface area contributed by atoms with Crippen LogP contribution in [0.4, 0.5) is 15.8 Å². The maximum Gasteiger partial charge on any atom is 0.335 e. The van der Waals surface area contributed by atoms with Crippen LogP contribution in [0.3, 0.4) is 0 Å². The summed E-state index contributed by atoms with van der Waals surface area (Å²) in [6, 6.07) is 23.0. The molecule has 9 nitrogen and oxygen atoms in total. The van der Waals surface area contributed by atoms with Gasteiger partial charge in [0.2, 0.25) is 11.8 Å². The van der Waals surface area contributed by atoms with Crippen molar-refractivity contribution >= 4 is 52.4 Å². The van der Waals surface area contributed by atoms with Gasteiger partial charge in [0.25, 0.3) is 0 Å². The van der Waals surface area contributed by atoms with E-state index < -0.39 is 41.1 Å². The number of aromatic carboxylic acids is 1. The summed E-state index contributed by atoms with van der Waals surface area (Å²) in [6.07, 6.45) is 0.460. The number of benzene rings is 4. The summed E-state index contributed by atoms with van der Waals surface area (Å²) in [6.45, 7) is 8.27. The number of halogens is 3. The number of carboxylic acids is 1. The number of rotatable bonds is 8. The van der Waals surface area contributed by atoms with Crippen LogP contribution in [0.2, 0.25) is 10.0 Å². The van der Waals surface area contributed by atoms with Gasteiger partial charge in [-0.15, -0.1) is 0 Å². The number of anilines is 2. The molecule has 2 aliphatic heterocycles. The molecule has 1 saturated heterocycles. The summed E-state index contributed by atoms with van der Waals surface area (Å²) in [5, 5.41) is 18.8. The molecule has 2 aliphatic rings. The van der Waals surface area contributed by atoms with E-state index in [2.05, 4.69) is 66.1 Å². The molecule has 0 aliphatic carbocycles. The summed E-state index contributed by atoms with van der Waals surface area (Å²) >= 11 is 12.5. The maximum absolute atomic E-state index is 15.9. The topological polar surface area (TPSA) is 120 Å². The molecule has 2 amide bonds. The highest BCUT2D eigenvalue weighted by Gasteiger charge is 2.66. The van der Waals surface area contributed by atoms with Crippen LogP contribution in [-0.2, 0) is 15.0 Å². The van der Waals surface area contributed by atoms with E-state index >= 15 is 4.39 Å². The molecule has 4 aromatic rings. The number of nitrogens with one attached hydrogen (secondary N) is 3. The Morgan fingerprint density at radius 1 is 1.02 bits per heavy atom. The predicted octanol–water partition coefficient (Wildman–Crippen LogP) is 8.54. The van der Waals surface area contributed by atoms with E-state index in [9.17, 15) is 19.5 Å². The number of carboxylic acid groups (broad SMARTS) is 1. The molecule has 0 radical (unpaired) electrons. The molecule has 1 fully saturated rings. The van der Waals surface area contributed by atoms with Gasteiger partial charge in [-0.25, -0.2) is 9.18 Å². The van der Waals surface area contributed by atoms with Gasteiger partial charge in [-0.3, -0.25) is 9.59 Å². The zero-order valence-electron chi connectivity index (χ0n) is 30.8. The summed E-state index contributed by atoms with van der Waals surface area (Å²) in [7, 11) is 5.54. The standard InChI is InChI=1S/C31H30Cl2FN3O5.C10H15N/c1-30(2,3)14-23-31(18-10-9-16(32)13-21(18)36-29(31)41)24(17-6-5-7-19(33)25(17)34)26(37-23)27(38)35-20-11-8-15(28(39)40)12-22(20)42-4;1-9(11(2)3)10-7-5-4-6-8-10/h5-13,23-24,26,37H,14H2,1-4H3,(H,35,38)(H,36,41)(H,39,40);4-9H,1-3H3/t23-,24-,26+,31+;/m0./s1. The van der Waals surface area contributed by atoms with Crippen LogP contribution in [0, 0.1) is 11.2 Å². The third kappa shape index (κ3) is 8.06. The molecular formula is C41H45Cl2FN4O5. The van der Waals surface area contributed by atoms with Crippen molar-refractivity contribution in [1.29, 1.82) is 0 Å². The number of nitrogens with zero attached hydrogens (tertiary/aromatic N) is 1. The molecule has 1 unspecified atom stereocenters. The minimum absolute atomic E-state index is 0.0233. The molecule has 4 N–H and O–H groups in total. The molecule has 280 valence electrons. The Balaban J connectivity index is 0.000000422. The van der Waals surface area contributed by atoms with Gasteiger partial charge in [0.05, 0.1) is 29.4 Å². The SMILES string of the molecule is CC(c1ccccc1)N(C)C.COc1cc(C(=O)O)ccc1NC(=O)[C@@H]1N[C@@H](CC(C)(C)C)[C@@]2(C(=O)Nc3cc(Cl)ccc32)[C@H]1c1cccc(Cl)c1F. The van der Waals surface area contributed by atoms with Gasteiger partial charge in [0.15, 0.2) is 0 Å². The van der Waals surface area contributed by atoms with Gasteiger partial charge in [0, 0.05) is 28.7 Å². The second-order valence-electron chi connectivity index (χ2n) is 14.9. The van der Waals surface area contributed by atoms with Gasteiger partial charge in [-0.2, -0.15) is 0 Å². The lowest BCUT2D eigenvalue weighted by atomic mass is 9.62. The first-order valence-corrected chi connectivity index (χ1v) is 18.0. The quantitative estimate of drug-likeness (QED) is 0.142. The molecular weight excluding hydrogens is 718 g/mol. The third-order valence-corrected chi connectivity index (χ3v) is 10.5. The first-order valence-electron chi connectivity index (χ1n) is 17.2. The van der Waals surface area contributed by atoms with Crippen molar-refractivity contribution in [1.82, 2.24) is 10.2 Å². The molecule has 0 bridgehead atoms. The largest absolute Gasteiger partial charge is 0.495 e. The molecule has 5 atom stereocenters. The van der Waals surface area contributed by atoms with Crippen LogP contribution in [0.5, 0.6) is 5.75 Å². The molecule has 2 heterocycles. The fourth-order valence-corrected chi connectivity index (χ4v) is 7.67. The minimum Gasteiger partial charge on any atom is -0.495 e. The van der Waals surface area contributed by atoms with E-state index in [0.717, 1.165) is 0 Å². The third-order valence-electron chi connectivity index (χ3n) is 9.98. The Morgan fingerprint density at radius 3 is 2.34 bits per heavy atom. The lowest BCUT2D eigenvalue weighted by Crippen LogP contribution is -2.49. The summed E-state index contributed by atoms with van der Waals surface area (Å²) in [4.78, 5) is 42.0. The van der Waals surface area contributed by atoms with E-state index in [1.54, 1.807) is 30.3 Å². The highest BCUT2D eigenvalue weighted by molar-refractivity contribution is 6.31. The molecule has 6 rings (SSSR count). The van der Waals surface area contributed by atoms with Crippen molar-refractivity contribution in [3.63, 3.8) is 0 Å². The average molecular weight is 764 g/mol. The molecule has 1 spiro atoms. The number of carbonyl (C=O) groups is 3. The zero-order valence-corrected chi connectivity index (χ0v) is 32.3. The van der Waals surface area contributed by atoms with E-state index in [0.29, 0.717) is 28.7 Å². The van der Waals surface area contributed by atoms with Gasteiger partial charge in [-0.1, -0.05) is 92.5 Å². The fraction of sp³-hybridized carbons (Fsp3) is 0.341. The van der Waals surface area contributed by atoms with E-state index in [4.69, 9.17) is 27.9 Å². The van der Waals surface area contributed by atoms with Gasteiger partial charge in [-0.05, 0) is 85.9 Å². The molecule has 0 saturated carbocycles. The number of methoxy groups -OCH3 is 1. The summed E-state index contributed by atoms with van der Waals surface area (Å²) in [5.41, 5.74) is 1.07. The summed E-state index contributed by atoms with van der Waals surface area (Å²) in [5.74, 6) is -3.73. The lowest BCUT2D eigenvalue weighted by Gasteiger charge is -2.37. The van der Waals surface area contributed by atoms with E-state index in [-0.39, 0.29) is 38.9 Å². The number of amides is 2. The van der Waals surface area contributed by atoms with E-state index in [1.165, 1.54) is 36.9 Å². The minimum atomic E-state index is -1.40. The Kier molecular flexibility index (Phi) is 11.9. The number of fused-ring (bicyclic) bond motifs is 2. The maximum atomic E-state index is 15.9. The van der Waals surface area contributed by atoms with Crippen LogP contribution < -0.4 is 20.7 Å². The first kappa shape index (κ1) is 39.7. The van der Waals surface area contributed by atoms with Crippen molar-refractivity contribution in [2.24, 2.45) is 5.41 Å². The van der Waals surface area contributed by atoms with Crippen molar-refractivity contribution in [3.8, 4) is 5.75 Å². The van der Waals surface area contributed by atoms with Crippen molar-refractivity contribution in [2.75, 3.05) is 31.8 Å². The number of hydrogen-bond donors (Lipinski definition) is 4. The fourth-order valence-electron chi connectivity index (χ4n) is 7.32. The van der Waals surface area contributed by atoms with Gasteiger partial charge >= 0.3 is 5.97 Å². The van der Waals surface area contributed by atoms with Crippen LogP contribution in [0.25, 0.3) is 0 Å². The smallest absolute Gasteiger partial charge is 0.335 e. The first-order chi connectivity index (χ1) is 25.0. The van der Waals surface area contributed by atoms with Crippen LogP contribution in [-0.4, -0.2) is 61.1 Å². The second kappa shape index (κ2) is 15.9. The predicted molar refractivity (Wildman–Crippen MR) is 208 cm³/mol. The van der Waals surface area contributed by atoms with Crippen LogP contribution in [0.1, 0.15) is 73.1 Å². The number of ether oxygens (including phenoxy) is 1. The Labute approximate surface area is 319 Å². The highest BCUT2D eigenvalue weighted by Crippen LogP contribution is 2.57. The second-order valence-corrected chi connectivity index (χ2v) is 15.7. The summed E-state index contributed by atoms with van der Waals surface area (Å²) < 4.78 is 21.3. The van der Waals surface area contributed by atoms with Crippen LogP contribution >= 0.6 is 23.2 Å². The zero-order chi connectivity index (χ0) is 38.8. The van der Waals surface area contributed by atoms with Gasteiger partial charge < -0.3 is 30.7 Å². The Hall–Kier alpha value is -4.48. The molecule has 53 heavy (non-hydrogen) atoms. The van der Waals surface area contributed by atoms with Crippen molar-refractivity contribution < 1.29 is 28.6 Å².